The maximum atomic E-state index is 14.1. The molecule has 0 unspecified atom stereocenters. The summed E-state index contributed by atoms with van der Waals surface area (Å²) in [6.07, 6.45) is 3.73. The number of amides is 3. The van der Waals surface area contributed by atoms with Gasteiger partial charge in [-0.3, -0.25) is 24.2 Å². The highest BCUT2D eigenvalue weighted by Gasteiger charge is 2.39. The Labute approximate surface area is 315 Å². The van der Waals surface area contributed by atoms with E-state index < -0.39 is 53.5 Å². The zero-order valence-corrected chi connectivity index (χ0v) is 31.1. The van der Waals surface area contributed by atoms with Crippen LogP contribution in [-0.4, -0.2) is 124 Å². The molecule has 2 heterocycles. The molecule has 1 aliphatic heterocycles. The molecule has 292 valence electrons. The summed E-state index contributed by atoms with van der Waals surface area (Å²) >= 11 is 4.32. The number of benzene rings is 1. The SMILES string of the molecule is CCCOCCOCCn1cc(CC(=O)N[C@@H](CS)C(=O)C[C@@H](Cc2ccccc2)C(=O)N2CCC[C@H]2C(=O)N[C@@H](CCCN=C(N)N)C(=O)O)nn1. The normalized spacial score (nSPS) is 15.7. The number of Topliss-reactive ketones (excluding diaryl/α,β-unsaturated/α-hetero) is 1. The van der Waals surface area contributed by atoms with Crippen LogP contribution in [0.4, 0.5) is 0 Å². The Morgan fingerprint density at radius 2 is 1.79 bits per heavy atom. The fraction of sp³-hybridized carbons (Fsp3) is 0.600. The van der Waals surface area contributed by atoms with Gasteiger partial charge in [-0.25, -0.2) is 9.48 Å². The molecular formula is C35H53N9O8S. The number of ether oxygens (including phenoxy) is 2. The number of likely N-dealkylation sites (tertiary alicyclic amines) is 1. The number of carbonyl (C=O) groups excluding carboxylic acids is 4. The molecule has 17 nitrogen and oxygen atoms in total. The number of ketones is 1. The first-order chi connectivity index (χ1) is 25.5. The Hall–Kier alpha value is -4.55. The van der Waals surface area contributed by atoms with Crippen molar-refractivity contribution in [2.24, 2.45) is 22.4 Å². The van der Waals surface area contributed by atoms with Gasteiger partial charge >= 0.3 is 5.97 Å². The van der Waals surface area contributed by atoms with E-state index in [0.717, 1.165) is 12.0 Å². The molecule has 1 saturated heterocycles. The van der Waals surface area contributed by atoms with E-state index in [2.05, 4.69) is 38.6 Å². The standard InChI is InChI=1S/C35H53N9O8S/c1-2-15-51-17-18-52-16-14-43-22-26(41-42-43)21-31(46)39-28(23-53)30(45)20-25(19-24-8-4-3-5-9-24)33(48)44-13-7-11-29(44)32(47)40-27(34(49)50)10-6-12-38-35(36)37/h3-5,8-9,22,25,27-29,53H,2,6-7,10-21,23H2,1H3,(H,39,46)(H,40,47)(H,49,50)(H4,36,37,38)/t25-,27+,28+,29+/m1/s1. The molecule has 3 amide bonds. The number of hydrogen-bond donors (Lipinski definition) is 6. The molecule has 0 saturated carbocycles. The number of guanidine groups is 1. The minimum absolute atomic E-state index is 0.00265. The van der Waals surface area contributed by atoms with Crippen LogP contribution in [0.15, 0.2) is 41.5 Å². The summed E-state index contributed by atoms with van der Waals surface area (Å²) in [5.74, 6) is -4.03. The number of aliphatic imine (C=N–C) groups is 1. The highest BCUT2D eigenvalue weighted by atomic mass is 32.1. The highest BCUT2D eigenvalue weighted by Crippen LogP contribution is 2.25. The van der Waals surface area contributed by atoms with Gasteiger partial charge < -0.3 is 41.6 Å². The number of aromatic nitrogens is 3. The third-order valence-electron chi connectivity index (χ3n) is 8.54. The van der Waals surface area contributed by atoms with Gasteiger partial charge in [0.1, 0.15) is 12.1 Å². The van der Waals surface area contributed by atoms with E-state index in [1.54, 1.807) is 10.9 Å². The molecule has 4 atom stereocenters. The molecular weight excluding hydrogens is 707 g/mol. The fourth-order valence-corrected chi connectivity index (χ4v) is 6.18. The first-order valence-electron chi connectivity index (χ1n) is 17.9. The number of thiol groups is 1. The molecule has 1 aromatic carbocycles. The second-order valence-electron chi connectivity index (χ2n) is 12.8. The maximum Gasteiger partial charge on any atom is 0.326 e. The lowest BCUT2D eigenvalue weighted by molar-refractivity contribution is -0.145. The fourth-order valence-electron chi connectivity index (χ4n) is 5.89. The average Bonchev–Trinajstić information content (AvgIpc) is 3.81. The summed E-state index contributed by atoms with van der Waals surface area (Å²) in [5, 5.41) is 23.1. The Morgan fingerprint density at radius 3 is 2.47 bits per heavy atom. The van der Waals surface area contributed by atoms with Crippen molar-refractivity contribution in [2.45, 2.75) is 83.0 Å². The minimum atomic E-state index is -1.22. The number of carboxylic acids is 1. The summed E-state index contributed by atoms with van der Waals surface area (Å²) in [4.78, 5) is 71.3. The molecule has 0 aliphatic carbocycles. The molecule has 0 radical (unpaired) electrons. The Kier molecular flexibility index (Phi) is 18.7. The monoisotopic (exact) mass is 759 g/mol. The van der Waals surface area contributed by atoms with E-state index in [1.807, 2.05) is 37.3 Å². The minimum Gasteiger partial charge on any atom is -0.480 e. The summed E-state index contributed by atoms with van der Waals surface area (Å²) in [5.41, 5.74) is 11.9. The van der Waals surface area contributed by atoms with Gasteiger partial charge in [-0.15, -0.1) is 5.10 Å². The molecule has 53 heavy (non-hydrogen) atoms. The van der Waals surface area contributed by atoms with Crippen LogP contribution < -0.4 is 22.1 Å². The van der Waals surface area contributed by atoms with Crippen molar-refractivity contribution in [3.63, 3.8) is 0 Å². The predicted molar refractivity (Wildman–Crippen MR) is 199 cm³/mol. The Bertz CT molecular complexity index is 1510. The van der Waals surface area contributed by atoms with Crippen LogP contribution in [0.3, 0.4) is 0 Å². The lowest BCUT2D eigenvalue weighted by Gasteiger charge is -2.29. The number of carbonyl (C=O) groups is 5. The average molecular weight is 760 g/mol. The van der Waals surface area contributed by atoms with Gasteiger partial charge in [-0.05, 0) is 44.1 Å². The second kappa shape index (κ2) is 23.2. The van der Waals surface area contributed by atoms with Crippen LogP contribution in [0.2, 0.25) is 0 Å². The van der Waals surface area contributed by atoms with Gasteiger partial charge in [-0.2, -0.15) is 12.6 Å². The summed E-state index contributed by atoms with van der Waals surface area (Å²) in [7, 11) is 0. The van der Waals surface area contributed by atoms with Crippen molar-refractivity contribution in [3.8, 4) is 0 Å². The smallest absolute Gasteiger partial charge is 0.326 e. The van der Waals surface area contributed by atoms with Gasteiger partial charge in [0.05, 0.1) is 44.5 Å². The third-order valence-corrected chi connectivity index (χ3v) is 8.90. The molecule has 2 aromatic rings. The van der Waals surface area contributed by atoms with Gasteiger partial charge in [0.15, 0.2) is 11.7 Å². The van der Waals surface area contributed by atoms with Crippen molar-refractivity contribution in [2.75, 3.05) is 45.3 Å². The number of nitrogens with zero attached hydrogens (tertiary/aromatic N) is 5. The number of rotatable bonds is 25. The number of aliphatic carboxylic acids is 1. The number of hydrogen-bond acceptors (Lipinski definition) is 11. The van der Waals surface area contributed by atoms with E-state index in [9.17, 15) is 29.1 Å². The van der Waals surface area contributed by atoms with E-state index in [0.29, 0.717) is 57.9 Å². The third kappa shape index (κ3) is 15.1. The highest BCUT2D eigenvalue weighted by molar-refractivity contribution is 7.80. The Balaban J connectivity index is 1.62. The molecule has 7 N–H and O–H groups in total. The largest absolute Gasteiger partial charge is 0.480 e. The molecule has 1 fully saturated rings. The second-order valence-corrected chi connectivity index (χ2v) is 13.1. The van der Waals surface area contributed by atoms with Crippen LogP contribution in [0.25, 0.3) is 0 Å². The van der Waals surface area contributed by atoms with Crippen molar-refractivity contribution < 1.29 is 38.6 Å². The van der Waals surface area contributed by atoms with E-state index in [1.165, 1.54) is 4.90 Å². The zero-order chi connectivity index (χ0) is 38.6. The van der Waals surface area contributed by atoms with E-state index in [4.69, 9.17) is 20.9 Å². The van der Waals surface area contributed by atoms with Crippen molar-refractivity contribution in [3.05, 3.63) is 47.8 Å². The number of nitrogens with two attached hydrogens (primary N) is 2. The van der Waals surface area contributed by atoms with E-state index >= 15 is 0 Å². The first kappa shape index (κ1) is 42.9. The van der Waals surface area contributed by atoms with Crippen molar-refractivity contribution in [1.82, 2.24) is 30.5 Å². The summed E-state index contributed by atoms with van der Waals surface area (Å²) < 4.78 is 12.5. The first-order valence-corrected chi connectivity index (χ1v) is 18.6. The molecule has 0 spiro atoms. The molecule has 3 rings (SSSR count). The maximum absolute atomic E-state index is 14.1. The Morgan fingerprint density at radius 1 is 1.06 bits per heavy atom. The van der Waals surface area contributed by atoms with Crippen molar-refractivity contribution >= 4 is 48.1 Å². The van der Waals surface area contributed by atoms with Gasteiger partial charge in [0, 0.05) is 44.0 Å². The van der Waals surface area contributed by atoms with Gasteiger partial charge in [-0.1, -0.05) is 42.5 Å². The molecule has 0 bridgehead atoms. The van der Waals surface area contributed by atoms with Crippen LogP contribution in [0.5, 0.6) is 0 Å². The summed E-state index contributed by atoms with van der Waals surface area (Å²) in [6, 6.07) is 6.09. The van der Waals surface area contributed by atoms with Gasteiger partial charge in [0.2, 0.25) is 17.7 Å². The lowest BCUT2D eigenvalue weighted by Crippen LogP contribution is -2.52. The van der Waals surface area contributed by atoms with Crippen LogP contribution in [0, 0.1) is 5.92 Å². The predicted octanol–water partition coefficient (Wildman–Crippen LogP) is 0.111. The molecule has 18 heteroatoms. The quantitative estimate of drug-likeness (QED) is 0.0342. The molecule has 1 aliphatic rings. The topological polar surface area (TPSA) is 246 Å². The number of carboxylic acid groups (broad SMARTS) is 1. The summed E-state index contributed by atoms with van der Waals surface area (Å²) in [6.45, 7) is 5.01. The number of nitrogens with one attached hydrogen (secondary N) is 2. The van der Waals surface area contributed by atoms with Crippen molar-refractivity contribution in [1.29, 1.82) is 0 Å². The van der Waals surface area contributed by atoms with Crippen LogP contribution >= 0.6 is 12.6 Å². The van der Waals surface area contributed by atoms with Crippen LogP contribution in [0.1, 0.15) is 56.7 Å². The van der Waals surface area contributed by atoms with E-state index in [-0.39, 0.29) is 50.5 Å². The lowest BCUT2D eigenvalue weighted by atomic mass is 9.90. The van der Waals surface area contributed by atoms with Crippen LogP contribution in [-0.2, 0) is 52.8 Å². The van der Waals surface area contributed by atoms with Gasteiger partial charge in [0.25, 0.3) is 0 Å². The zero-order valence-electron chi connectivity index (χ0n) is 30.2. The molecule has 1 aromatic heterocycles.